The predicted octanol–water partition coefficient (Wildman–Crippen LogP) is 16.7. The van der Waals surface area contributed by atoms with Crippen LogP contribution < -0.4 is 10.2 Å². The maximum absolute atomic E-state index is 13.0. The van der Waals surface area contributed by atoms with Crippen molar-refractivity contribution in [2.45, 2.75) is 270 Å². The van der Waals surface area contributed by atoms with Gasteiger partial charge in [0.25, 0.3) is 7.82 Å². The van der Waals surface area contributed by atoms with Crippen LogP contribution in [0.1, 0.15) is 258 Å². The molecule has 0 aromatic heterocycles. The van der Waals surface area contributed by atoms with Crippen molar-refractivity contribution in [2.24, 2.45) is 0 Å². The normalized spacial score (nSPS) is 14.4. The van der Waals surface area contributed by atoms with E-state index in [2.05, 4.69) is 79.9 Å². The van der Waals surface area contributed by atoms with Crippen LogP contribution in [0.3, 0.4) is 0 Å². The van der Waals surface area contributed by atoms with Gasteiger partial charge in [0, 0.05) is 6.42 Å². The fourth-order valence-corrected chi connectivity index (χ4v) is 9.03. The molecule has 0 spiro atoms. The van der Waals surface area contributed by atoms with Crippen molar-refractivity contribution in [3.8, 4) is 0 Å². The van der Waals surface area contributed by atoms with E-state index in [0.29, 0.717) is 23.9 Å². The van der Waals surface area contributed by atoms with Gasteiger partial charge in [0.15, 0.2) is 0 Å². The van der Waals surface area contributed by atoms with E-state index in [1.807, 2.05) is 21.1 Å². The van der Waals surface area contributed by atoms with E-state index in [-0.39, 0.29) is 19.1 Å². The molecule has 3 unspecified atom stereocenters. The Morgan fingerprint density at radius 3 is 1.31 bits per heavy atom. The number of aliphatic hydroxyl groups excluding tert-OH is 1. The minimum atomic E-state index is -4.58. The summed E-state index contributed by atoms with van der Waals surface area (Å²) in [5.41, 5.74) is 0. The summed E-state index contributed by atoms with van der Waals surface area (Å²) in [5.74, 6) is -0.182. The standard InChI is InChI=1S/C59H111N2O6P/c1-6-8-10-12-14-16-18-20-22-24-26-28-29-30-31-33-34-36-38-40-42-44-46-48-50-52-58(62)57(56-67-68(64,65)66-55-54-61(3,4)5)60-59(63)53-51-49-47-45-43-41-39-37-35-32-27-25-23-21-19-17-15-13-11-9-7-2/h9,11,15,17,21,23,27,32,37,39,57-58,62H,6-8,10,12-14,16,18-20,22,24-26,28-31,33-36,38,40-56H2,1-5H3,(H-,60,63,64,65)/b11-9-,17-15-,23-21-,32-27-,39-37-. The highest BCUT2D eigenvalue weighted by molar-refractivity contribution is 7.45. The van der Waals surface area contributed by atoms with Crippen LogP contribution in [0, 0.1) is 0 Å². The molecule has 0 aliphatic rings. The third-order valence-electron chi connectivity index (χ3n) is 12.8. The molecule has 3 atom stereocenters. The lowest BCUT2D eigenvalue weighted by Gasteiger charge is -2.30. The Morgan fingerprint density at radius 2 is 0.897 bits per heavy atom. The van der Waals surface area contributed by atoms with Crippen molar-refractivity contribution in [3.63, 3.8) is 0 Å². The van der Waals surface area contributed by atoms with Crippen LogP contribution in [0.5, 0.6) is 0 Å². The number of rotatable bonds is 52. The fourth-order valence-electron chi connectivity index (χ4n) is 8.30. The maximum atomic E-state index is 13.0. The van der Waals surface area contributed by atoms with E-state index in [9.17, 15) is 19.4 Å². The minimum Gasteiger partial charge on any atom is -0.756 e. The third-order valence-corrected chi connectivity index (χ3v) is 13.7. The third kappa shape index (κ3) is 52.0. The predicted molar refractivity (Wildman–Crippen MR) is 293 cm³/mol. The Balaban J connectivity index is 4.21. The van der Waals surface area contributed by atoms with E-state index in [1.54, 1.807) is 0 Å². The van der Waals surface area contributed by atoms with Crippen LogP contribution in [-0.2, 0) is 18.4 Å². The lowest BCUT2D eigenvalue weighted by Crippen LogP contribution is -2.46. The summed E-state index contributed by atoms with van der Waals surface area (Å²) < 4.78 is 23.4. The van der Waals surface area contributed by atoms with Crippen molar-refractivity contribution in [2.75, 3.05) is 40.9 Å². The summed E-state index contributed by atoms with van der Waals surface area (Å²) >= 11 is 0. The highest BCUT2D eigenvalue weighted by Gasteiger charge is 2.24. The van der Waals surface area contributed by atoms with Crippen LogP contribution in [0.4, 0.5) is 0 Å². The van der Waals surface area contributed by atoms with Crippen molar-refractivity contribution in [3.05, 3.63) is 60.8 Å². The zero-order chi connectivity index (χ0) is 49.9. The number of aliphatic hydroxyl groups is 1. The summed E-state index contributed by atoms with van der Waals surface area (Å²) in [6.07, 6.45) is 66.8. The largest absolute Gasteiger partial charge is 0.756 e. The van der Waals surface area contributed by atoms with Crippen molar-refractivity contribution in [1.82, 2.24) is 5.32 Å². The Bertz CT molecular complexity index is 1290. The zero-order valence-electron chi connectivity index (χ0n) is 45.3. The number of quaternary nitrogens is 1. The number of hydrogen-bond acceptors (Lipinski definition) is 6. The topological polar surface area (TPSA) is 108 Å². The second-order valence-corrected chi connectivity index (χ2v) is 22.0. The molecule has 0 bridgehead atoms. The van der Waals surface area contributed by atoms with E-state index in [1.165, 1.54) is 141 Å². The van der Waals surface area contributed by atoms with Crippen LogP contribution >= 0.6 is 7.82 Å². The number of allylic oxidation sites excluding steroid dienone is 10. The van der Waals surface area contributed by atoms with E-state index in [0.717, 1.165) is 89.9 Å². The van der Waals surface area contributed by atoms with Crippen molar-refractivity contribution < 1.29 is 32.9 Å². The molecule has 0 saturated heterocycles. The molecule has 398 valence electrons. The van der Waals surface area contributed by atoms with Gasteiger partial charge in [0.2, 0.25) is 5.91 Å². The van der Waals surface area contributed by atoms with E-state index >= 15 is 0 Å². The van der Waals surface area contributed by atoms with Crippen LogP contribution in [-0.4, -0.2) is 68.5 Å². The molecular weight excluding hydrogens is 864 g/mol. The van der Waals surface area contributed by atoms with E-state index < -0.39 is 20.0 Å². The molecule has 8 nitrogen and oxygen atoms in total. The van der Waals surface area contributed by atoms with Gasteiger partial charge in [-0.25, -0.2) is 0 Å². The van der Waals surface area contributed by atoms with Gasteiger partial charge >= 0.3 is 0 Å². The number of hydrogen-bond donors (Lipinski definition) is 2. The average Bonchev–Trinajstić information content (AvgIpc) is 3.30. The van der Waals surface area contributed by atoms with Gasteiger partial charge in [-0.05, 0) is 57.8 Å². The quantitative estimate of drug-likeness (QED) is 0.0272. The van der Waals surface area contributed by atoms with Gasteiger partial charge in [-0.3, -0.25) is 9.36 Å². The second-order valence-electron chi connectivity index (χ2n) is 20.6. The first-order chi connectivity index (χ1) is 33.0. The SMILES string of the molecule is CC/C=C\C/C=C\C/C=C\C/C=C\C/C=C\CCCCCCCC(=O)NC(COP(=O)([O-])OCC[N+](C)(C)C)C(O)CCCCCCCCCCCCCCCCCCCCCCCCCCC. The Kier molecular flexibility index (Phi) is 48.8. The first-order valence-corrected chi connectivity index (χ1v) is 30.1. The number of nitrogens with one attached hydrogen (secondary N) is 1. The van der Waals surface area contributed by atoms with Gasteiger partial charge in [-0.15, -0.1) is 0 Å². The lowest BCUT2D eigenvalue weighted by atomic mass is 10.0. The van der Waals surface area contributed by atoms with E-state index in [4.69, 9.17) is 9.05 Å². The molecule has 9 heteroatoms. The molecule has 0 aliphatic carbocycles. The van der Waals surface area contributed by atoms with Gasteiger partial charge in [0.1, 0.15) is 13.2 Å². The van der Waals surface area contributed by atoms with Gasteiger partial charge < -0.3 is 28.8 Å². The van der Waals surface area contributed by atoms with Crippen molar-refractivity contribution in [1.29, 1.82) is 0 Å². The number of phosphoric acid groups is 1. The van der Waals surface area contributed by atoms with Crippen molar-refractivity contribution >= 4 is 13.7 Å². The molecule has 1 amide bonds. The monoisotopic (exact) mass is 975 g/mol. The van der Waals surface area contributed by atoms with Gasteiger partial charge in [0.05, 0.1) is 39.9 Å². The van der Waals surface area contributed by atoms with Crippen LogP contribution in [0.2, 0.25) is 0 Å². The number of carbonyl (C=O) groups excluding carboxylic acids is 1. The molecule has 0 aromatic carbocycles. The molecule has 0 aliphatic heterocycles. The molecular formula is C59H111N2O6P. The number of amides is 1. The number of likely N-dealkylation sites (N-methyl/N-ethyl adjacent to an activating group) is 1. The molecule has 0 saturated carbocycles. The summed E-state index contributed by atoms with van der Waals surface area (Å²) in [6.45, 7) is 4.61. The molecule has 68 heavy (non-hydrogen) atoms. The molecule has 0 heterocycles. The van der Waals surface area contributed by atoms with Crippen LogP contribution in [0.25, 0.3) is 0 Å². The minimum absolute atomic E-state index is 0.00569. The summed E-state index contributed by atoms with van der Waals surface area (Å²) in [4.78, 5) is 25.5. The number of carbonyl (C=O) groups is 1. The Morgan fingerprint density at radius 1 is 0.529 bits per heavy atom. The Hall–Kier alpha value is -1.80. The Labute approximate surface area is 422 Å². The smallest absolute Gasteiger partial charge is 0.268 e. The molecule has 0 radical (unpaired) electrons. The van der Waals surface area contributed by atoms with Gasteiger partial charge in [-0.1, -0.05) is 254 Å². The molecule has 2 N–H and O–H groups in total. The van der Waals surface area contributed by atoms with Crippen LogP contribution in [0.15, 0.2) is 60.8 Å². The number of phosphoric ester groups is 1. The molecule has 0 fully saturated rings. The number of nitrogens with zero attached hydrogens (tertiary/aromatic N) is 1. The highest BCUT2D eigenvalue weighted by atomic mass is 31.2. The highest BCUT2D eigenvalue weighted by Crippen LogP contribution is 2.38. The first kappa shape index (κ1) is 66.2. The first-order valence-electron chi connectivity index (χ1n) is 28.6. The number of unbranched alkanes of at least 4 members (excludes halogenated alkanes) is 29. The molecule has 0 rings (SSSR count). The lowest BCUT2D eigenvalue weighted by molar-refractivity contribution is -0.870. The summed E-state index contributed by atoms with van der Waals surface area (Å²) in [6, 6.07) is -0.815. The average molecular weight is 976 g/mol. The summed E-state index contributed by atoms with van der Waals surface area (Å²) in [5, 5.41) is 14.0. The fraction of sp³-hybridized carbons (Fsp3) is 0.814. The summed E-state index contributed by atoms with van der Waals surface area (Å²) in [7, 11) is 1.29. The molecule has 0 aromatic rings. The zero-order valence-corrected chi connectivity index (χ0v) is 46.2. The van der Waals surface area contributed by atoms with Gasteiger partial charge in [-0.2, -0.15) is 0 Å². The second kappa shape index (κ2) is 50.2. The maximum Gasteiger partial charge on any atom is 0.268 e.